The molecular weight excluding hydrogens is 478 g/mol. The molecule has 1 aliphatic carbocycles. The van der Waals surface area contributed by atoms with Crippen molar-refractivity contribution in [1.82, 2.24) is 19.9 Å². The highest BCUT2D eigenvalue weighted by Gasteiger charge is 2.42. The minimum Gasteiger partial charge on any atom is -0.381 e. The number of hydrogen-bond acceptors (Lipinski definition) is 7. The van der Waals surface area contributed by atoms with Crippen molar-refractivity contribution in [2.45, 2.75) is 44.2 Å². The number of aromatic nitrogens is 3. The van der Waals surface area contributed by atoms with Gasteiger partial charge in [-0.1, -0.05) is 22.9 Å². The number of ether oxygens (including phenoxy) is 1. The maximum Gasteiger partial charge on any atom is 0.258 e. The molecule has 11 heteroatoms. The van der Waals surface area contributed by atoms with Gasteiger partial charge in [0.2, 0.25) is 5.91 Å². The van der Waals surface area contributed by atoms with Gasteiger partial charge in [0.25, 0.3) is 11.5 Å². The second-order valence-electron chi connectivity index (χ2n) is 8.67. The van der Waals surface area contributed by atoms with Crippen LogP contribution < -0.4 is 10.9 Å². The first-order chi connectivity index (χ1) is 16.5. The van der Waals surface area contributed by atoms with Crippen LogP contribution in [0.15, 0.2) is 35.5 Å². The van der Waals surface area contributed by atoms with E-state index in [0.717, 1.165) is 25.7 Å². The molecule has 178 valence electrons. The Hall–Kier alpha value is -2.82. The highest BCUT2D eigenvalue weighted by molar-refractivity contribution is 7.19. The van der Waals surface area contributed by atoms with E-state index in [2.05, 4.69) is 20.3 Å². The molecule has 1 aromatic carbocycles. The molecule has 2 N–H and O–H groups in total. The molecule has 2 aromatic heterocycles. The van der Waals surface area contributed by atoms with Crippen molar-refractivity contribution >= 4 is 50.8 Å². The molecule has 2 aliphatic rings. The monoisotopic (exact) mass is 501 g/mol. The number of amides is 2. The summed E-state index contributed by atoms with van der Waals surface area (Å²) in [6.07, 6.45) is 6.74. The summed E-state index contributed by atoms with van der Waals surface area (Å²) >= 11 is 7.17. The van der Waals surface area contributed by atoms with E-state index in [4.69, 9.17) is 16.3 Å². The second-order valence-corrected chi connectivity index (χ2v) is 10.3. The number of nitrogens with one attached hydrogen (secondary N) is 2. The number of H-pyrrole nitrogens is 1. The predicted octanol–water partition coefficient (Wildman–Crippen LogP) is 3.46. The maximum absolute atomic E-state index is 13.8. The van der Waals surface area contributed by atoms with E-state index in [1.807, 2.05) is 0 Å². The Morgan fingerprint density at radius 3 is 2.74 bits per heavy atom. The molecule has 1 saturated carbocycles. The lowest BCUT2D eigenvalue weighted by atomic mass is 9.91. The highest BCUT2D eigenvalue weighted by atomic mass is 35.5. The van der Waals surface area contributed by atoms with Gasteiger partial charge in [0, 0.05) is 24.8 Å². The van der Waals surface area contributed by atoms with Crippen LogP contribution in [0.4, 0.5) is 5.13 Å². The first kappa shape index (κ1) is 22.9. The fraction of sp³-hybridized carbons (Fsp3) is 0.435. The third-order valence-corrected chi connectivity index (χ3v) is 7.34. The molecule has 1 unspecified atom stereocenters. The molecule has 9 nitrogen and oxygen atoms in total. The maximum atomic E-state index is 13.8. The van der Waals surface area contributed by atoms with Crippen molar-refractivity contribution in [1.29, 1.82) is 0 Å². The number of fused-ring (bicyclic) bond motifs is 1. The van der Waals surface area contributed by atoms with Crippen molar-refractivity contribution in [2.75, 3.05) is 18.5 Å². The summed E-state index contributed by atoms with van der Waals surface area (Å²) in [4.78, 5) is 51.9. The lowest BCUT2D eigenvalue weighted by Gasteiger charge is -2.34. The molecule has 1 aliphatic heterocycles. The normalized spacial score (nSPS) is 17.4. The van der Waals surface area contributed by atoms with Gasteiger partial charge in [-0.2, -0.15) is 0 Å². The number of benzene rings is 1. The van der Waals surface area contributed by atoms with E-state index < -0.39 is 6.04 Å². The van der Waals surface area contributed by atoms with Gasteiger partial charge in [-0.05, 0) is 56.2 Å². The molecule has 0 radical (unpaired) electrons. The topological polar surface area (TPSA) is 117 Å². The minimum absolute atomic E-state index is 0.00851. The van der Waals surface area contributed by atoms with Gasteiger partial charge < -0.3 is 19.9 Å². The summed E-state index contributed by atoms with van der Waals surface area (Å²) in [6.45, 7) is 1.31. The van der Waals surface area contributed by atoms with E-state index in [9.17, 15) is 14.4 Å². The first-order valence-corrected chi connectivity index (χ1v) is 12.5. The smallest absolute Gasteiger partial charge is 0.258 e. The molecule has 0 bridgehead atoms. The number of aromatic amines is 1. The van der Waals surface area contributed by atoms with E-state index in [-0.39, 0.29) is 29.3 Å². The summed E-state index contributed by atoms with van der Waals surface area (Å²) in [7, 11) is 0. The number of halogens is 1. The van der Waals surface area contributed by atoms with Crippen molar-refractivity contribution in [2.24, 2.45) is 5.92 Å². The van der Waals surface area contributed by atoms with Gasteiger partial charge in [0.1, 0.15) is 10.4 Å². The molecule has 0 spiro atoms. The number of hydrogen-bond donors (Lipinski definition) is 2. The Labute approximate surface area is 204 Å². The van der Waals surface area contributed by atoms with Crippen LogP contribution in [-0.2, 0) is 9.53 Å². The third-order valence-electron chi connectivity index (χ3n) is 6.31. The van der Waals surface area contributed by atoms with Gasteiger partial charge in [-0.25, -0.2) is 9.97 Å². The standard InChI is InChI=1S/C23H24ClN5O4S/c24-19-11-25-23(34-19)28-21(31)18(9-13-5-7-33-8-6-13)29(15-2-3-15)22(32)14-1-4-16-17(10-14)26-12-27-20(16)30/h1,4,10-13,15,18H,2-3,5-9H2,(H,25,28,31)(H,26,27,30). The molecule has 5 rings (SSSR count). The number of thiazole rings is 1. The highest BCUT2D eigenvalue weighted by Crippen LogP contribution is 2.34. The van der Waals surface area contributed by atoms with Crippen LogP contribution in [0.25, 0.3) is 10.9 Å². The summed E-state index contributed by atoms with van der Waals surface area (Å²) in [5.74, 6) is -0.237. The zero-order valence-corrected chi connectivity index (χ0v) is 19.9. The Balaban J connectivity index is 1.46. The summed E-state index contributed by atoms with van der Waals surface area (Å²) < 4.78 is 5.97. The molecule has 2 fully saturated rings. The number of carbonyl (C=O) groups excluding carboxylic acids is 2. The number of rotatable bonds is 7. The Bertz CT molecular complexity index is 1270. The van der Waals surface area contributed by atoms with Crippen LogP contribution in [0.2, 0.25) is 4.34 Å². The fourth-order valence-corrected chi connectivity index (χ4v) is 5.23. The van der Waals surface area contributed by atoms with Crippen LogP contribution >= 0.6 is 22.9 Å². The van der Waals surface area contributed by atoms with Gasteiger partial charge in [-0.3, -0.25) is 14.4 Å². The number of nitrogens with zero attached hydrogens (tertiary/aromatic N) is 3. The average Bonchev–Trinajstić information content (AvgIpc) is 3.59. The van der Waals surface area contributed by atoms with E-state index in [1.165, 1.54) is 23.9 Å². The summed E-state index contributed by atoms with van der Waals surface area (Å²) in [6, 6.07) is 4.18. The fourth-order valence-electron chi connectivity index (χ4n) is 4.41. The van der Waals surface area contributed by atoms with Gasteiger partial charge in [0.05, 0.1) is 23.4 Å². The summed E-state index contributed by atoms with van der Waals surface area (Å²) in [5, 5.41) is 3.68. The first-order valence-electron chi connectivity index (χ1n) is 11.3. The van der Waals surface area contributed by atoms with Crippen molar-refractivity contribution in [3.05, 3.63) is 51.0 Å². The molecular formula is C23H24ClN5O4S. The lowest BCUT2D eigenvalue weighted by molar-refractivity contribution is -0.121. The van der Waals surface area contributed by atoms with Crippen LogP contribution in [0.5, 0.6) is 0 Å². The Kier molecular flexibility index (Phi) is 6.62. The van der Waals surface area contributed by atoms with E-state index in [0.29, 0.717) is 45.6 Å². The second kappa shape index (κ2) is 9.81. The van der Waals surface area contributed by atoms with Crippen molar-refractivity contribution in [3.63, 3.8) is 0 Å². The van der Waals surface area contributed by atoms with Crippen LogP contribution in [0.1, 0.15) is 42.5 Å². The van der Waals surface area contributed by atoms with Crippen molar-refractivity contribution in [3.8, 4) is 0 Å². The zero-order valence-electron chi connectivity index (χ0n) is 18.3. The molecule has 2 amide bonds. The quantitative estimate of drug-likeness (QED) is 0.512. The summed E-state index contributed by atoms with van der Waals surface area (Å²) in [5.41, 5.74) is 0.578. The molecule has 3 heterocycles. The van der Waals surface area contributed by atoms with Crippen LogP contribution in [-0.4, -0.2) is 57.0 Å². The zero-order chi connectivity index (χ0) is 23.7. The SMILES string of the molecule is O=C(Nc1ncc(Cl)s1)C(CC1CCOCC1)N(C(=O)c1ccc2c(=O)[nH]cnc2c1)C1CC1. The minimum atomic E-state index is -0.659. The van der Waals surface area contributed by atoms with Crippen molar-refractivity contribution < 1.29 is 14.3 Å². The molecule has 34 heavy (non-hydrogen) atoms. The average molecular weight is 502 g/mol. The molecule has 1 saturated heterocycles. The molecule has 1 atom stereocenters. The van der Waals surface area contributed by atoms with Crippen LogP contribution in [0.3, 0.4) is 0 Å². The Morgan fingerprint density at radius 1 is 1.24 bits per heavy atom. The number of carbonyl (C=O) groups is 2. The lowest BCUT2D eigenvalue weighted by Crippen LogP contribution is -2.49. The van der Waals surface area contributed by atoms with E-state index in [1.54, 1.807) is 23.1 Å². The predicted molar refractivity (Wildman–Crippen MR) is 129 cm³/mol. The van der Waals surface area contributed by atoms with E-state index >= 15 is 0 Å². The number of anilines is 1. The van der Waals surface area contributed by atoms with Gasteiger partial charge in [-0.15, -0.1) is 0 Å². The van der Waals surface area contributed by atoms with Gasteiger partial charge in [0.15, 0.2) is 5.13 Å². The van der Waals surface area contributed by atoms with Crippen LogP contribution in [0, 0.1) is 5.92 Å². The molecule has 3 aromatic rings. The Morgan fingerprint density at radius 2 is 2.03 bits per heavy atom. The van der Waals surface area contributed by atoms with Gasteiger partial charge >= 0.3 is 0 Å². The largest absolute Gasteiger partial charge is 0.381 e. The third kappa shape index (κ3) is 4.98.